The maximum Gasteiger partial charge on any atom is 0.482 e. The topological polar surface area (TPSA) is 100 Å². The number of nitrogens with one attached hydrogen (secondary N) is 3. The minimum Gasteiger partial charge on any atom is -0.423 e. The summed E-state index contributed by atoms with van der Waals surface area (Å²) >= 11 is 0. The maximum atomic E-state index is 13.0. The van der Waals surface area contributed by atoms with Gasteiger partial charge in [0.05, 0.1) is 11.9 Å². The standard InChI is InChI=1S/C11H9F3N4O2/c12-6(4-15)9(16)17-5-1-2-8-7(3-5)18-10(19)11(13,14)20-8/h1-4,15,17H,16H2,(H,18,19)/b9-6-,15-4?. The molecule has 0 saturated carbocycles. The second-order valence-electron chi connectivity index (χ2n) is 3.81. The Kier molecular flexibility index (Phi) is 3.26. The molecule has 1 amide bonds. The lowest BCUT2D eigenvalue weighted by atomic mass is 10.2. The quantitative estimate of drug-likeness (QED) is 0.636. The minimum atomic E-state index is -3.94. The Morgan fingerprint density at radius 2 is 2.20 bits per heavy atom. The number of ether oxygens (including phenoxy) is 1. The molecule has 1 heterocycles. The number of carbonyl (C=O) groups excluding carboxylic acids is 1. The van der Waals surface area contributed by atoms with Gasteiger partial charge in [-0.3, -0.25) is 4.79 Å². The number of alkyl halides is 2. The SMILES string of the molecule is N=C/C(F)=C(\N)Nc1ccc2c(c1)NC(=O)C(F)(F)O2. The van der Waals surface area contributed by atoms with Crippen LogP contribution in [0.2, 0.25) is 0 Å². The van der Waals surface area contributed by atoms with E-state index in [1.165, 1.54) is 18.2 Å². The minimum absolute atomic E-state index is 0.00557. The Morgan fingerprint density at radius 3 is 2.85 bits per heavy atom. The number of nitrogens with two attached hydrogens (primary N) is 1. The molecule has 0 fully saturated rings. The number of carbonyl (C=O) groups is 1. The Bertz CT molecular complexity index is 616. The zero-order valence-electron chi connectivity index (χ0n) is 9.84. The van der Waals surface area contributed by atoms with Crippen LogP contribution in [0.5, 0.6) is 5.75 Å². The lowest BCUT2D eigenvalue weighted by molar-refractivity contribution is -0.189. The van der Waals surface area contributed by atoms with Crippen molar-refractivity contribution in [2.75, 3.05) is 10.6 Å². The zero-order valence-corrected chi connectivity index (χ0v) is 9.84. The van der Waals surface area contributed by atoms with Crippen LogP contribution in [0, 0.1) is 5.41 Å². The lowest BCUT2D eigenvalue weighted by Crippen LogP contribution is -2.43. The molecule has 0 unspecified atom stereocenters. The van der Waals surface area contributed by atoms with E-state index in [0.29, 0.717) is 6.21 Å². The average Bonchev–Trinajstić information content (AvgIpc) is 2.39. The summed E-state index contributed by atoms with van der Waals surface area (Å²) in [7, 11) is 0. The summed E-state index contributed by atoms with van der Waals surface area (Å²) in [5.74, 6) is -3.24. The zero-order chi connectivity index (χ0) is 14.9. The van der Waals surface area contributed by atoms with Gasteiger partial charge < -0.3 is 26.5 Å². The van der Waals surface area contributed by atoms with Gasteiger partial charge in [-0.1, -0.05) is 0 Å². The summed E-state index contributed by atoms with van der Waals surface area (Å²) in [5, 5.41) is 11.1. The molecule has 0 bridgehead atoms. The summed E-state index contributed by atoms with van der Waals surface area (Å²) in [6.45, 7) is 0. The molecular formula is C11H9F3N4O2. The van der Waals surface area contributed by atoms with E-state index in [9.17, 15) is 18.0 Å². The van der Waals surface area contributed by atoms with Gasteiger partial charge >= 0.3 is 12.0 Å². The molecule has 1 aromatic carbocycles. The molecule has 20 heavy (non-hydrogen) atoms. The molecule has 5 N–H and O–H groups in total. The molecule has 1 aromatic rings. The van der Waals surface area contributed by atoms with Crippen LogP contribution >= 0.6 is 0 Å². The Morgan fingerprint density at radius 1 is 1.50 bits per heavy atom. The second kappa shape index (κ2) is 4.76. The summed E-state index contributed by atoms with van der Waals surface area (Å²) in [5.41, 5.74) is 5.53. The van der Waals surface area contributed by atoms with E-state index in [1.54, 1.807) is 0 Å². The highest BCUT2D eigenvalue weighted by Gasteiger charge is 2.46. The third kappa shape index (κ3) is 2.51. The number of fused-ring (bicyclic) bond motifs is 1. The molecular weight excluding hydrogens is 277 g/mol. The fourth-order valence-electron chi connectivity index (χ4n) is 1.47. The number of hydrogen-bond acceptors (Lipinski definition) is 5. The van der Waals surface area contributed by atoms with Gasteiger partial charge in [0.25, 0.3) is 0 Å². The van der Waals surface area contributed by atoms with E-state index in [2.05, 4.69) is 10.1 Å². The maximum absolute atomic E-state index is 13.0. The molecule has 9 heteroatoms. The largest absolute Gasteiger partial charge is 0.482 e. The molecule has 1 aliphatic heterocycles. The Labute approximate surface area is 110 Å². The van der Waals surface area contributed by atoms with Gasteiger partial charge in [-0.05, 0) is 18.2 Å². The average molecular weight is 286 g/mol. The first kappa shape index (κ1) is 13.7. The van der Waals surface area contributed by atoms with Gasteiger partial charge in [0.15, 0.2) is 11.6 Å². The van der Waals surface area contributed by atoms with Crippen molar-refractivity contribution >= 4 is 23.5 Å². The number of amides is 1. The first-order valence-corrected chi connectivity index (χ1v) is 5.28. The highest BCUT2D eigenvalue weighted by molar-refractivity contribution is 5.99. The molecule has 1 aliphatic rings. The number of rotatable bonds is 3. The monoisotopic (exact) mass is 286 g/mol. The first-order valence-electron chi connectivity index (χ1n) is 5.28. The van der Waals surface area contributed by atoms with Crippen LogP contribution in [0.3, 0.4) is 0 Å². The second-order valence-corrected chi connectivity index (χ2v) is 3.81. The van der Waals surface area contributed by atoms with Crippen molar-refractivity contribution in [2.45, 2.75) is 6.11 Å². The number of benzene rings is 1. The van der Waals surface area contributed by atoms with Crippen molar-refractivity contribution in [3.8, 4) is 5.75 Å². The van der Waals surface area contributed by atoms with Gasteiger partial charge in [-0.25, -0.2) is 4.39 Å². The van der Waals surface area contributed by atoms with Crippen LogP contribution in [0.1, 0.15) is 0 Å². The van der Waals surface area contributed by atoms with Crippen LogP contribution in [0.15, 0.2) is 29.8 Å². The van der Waals surface area contributed by atoms with E-state index in [1.807, 2.05) is 5.32 Å². The first-order chi connectivity index (χ1) is 9.33. The van der Waals surface area contributed by atoms with Gasteiger partial charge in [0, 0.05) is 5.69 Å². The molecule has 0 radical (unpaired) electrons. The van der Waals surface area contributed by atoms with Crippen LogP contribution in [-0.2, 0) is 4.79 Å². The van der Waals surface area contributed by atoms with Crippen LogP contribution < -0.4 is 21.1 Å². The summed E-state index contributed by atoms with van der Waals surface area (Å²) in [6, 6.07) is 3.71. The fraction of sp³-hybridized carbons (Fsp3) is 0.0909. The number of hydrogen-bond donors (Lipinski definition) is 4. The predicted octanol–water partition coefficient (Wildman–Crippen LogP) is 1.77. The van der Waals surface area contributed by atoms with Crippen molar-refractivity contribution in [2.24, 2.45) is 5.73 Å². The molecule has 106 valence electrons. The molecule has 0 spiro atoms. The van der Waals surface area contributed by atoms with Crippen molar-refractivity contribution in [3.05, 3.63) is 29.8 Å². The highest BCUT2D eigenvalue weighted by Crippen LogP contribution is 2.36. The lowest BCUT2D eigenvalue weighted by Gasteiger charge is -2.25. The van der Waals surface area contributed by atoms with Gasteiger partial charge in [0.2, 0.25) is 0 Å². The highest BCUT2D eigenvalue weighted by atomic mass is 19.3. The normalized spacial score (nSPS) is 17.2. The number of halogens is 3. The van der Waals surface area contributed by atoms with Crippen LogP contribution in [-0.4, -0.2) is 18.2 Å². The van der Waals surface area contributed by atoms with Crippen molar-refractivity contribution in [1.82, 2.24) is 0 Å². The third-order valence-electron chi connectivity index (χ3n) is 2.39. The molecule has 0 atom stereocenters. The van der Waals surface area contributed by atoms with Gasteiger partial charge in [-0.2, -0.15) is 8.78 Å². The van der Waals surface area contributed by atoms with Gasteiger partial charge in [0.1, 0.15) is 5.82 Å². The molecule has 0 aliphatic carbocycles. The molecule has 0 aromatic heterocycles. The summed E-state index contributed by atoms with van der Waals surface area (Å²) in [4.78, 5) is 11.0. The molecule has 0 saturated heterocycles. The van der Waals surface area contributed by atoms with Crippen LogP contribution in [0.25, 0.3) is 0 Å². The Hall–Kier alpha value is -2.71. The van der Waals surface area contributed by atoms with E-state index >= 15 is 0 Å². The predicted molar refractivity (Wildman–Crippen MR) is 65.4 cm³/mol. The Balaban J connectivity index is 2.28. The van der Waals surface area contributed by atoms with Crippen LogP contribution in [0.4, 0.5) is 24.5 Å². The number of anilines is 2. The van der Waals surface area contributed by atoms with Crippen molar-refractivity contribution < 1.29 is 22.7 Å². The third-order valence-corrected chi connectivity index (χ3v) is 2.39. The van der Waals surface area contributed by atoms with E-state index in [4.69, 9.17) is 11.1 Å². The van der Waals surface area contributed by atoms with Crippen molar-refractivity contribution in [1.29, 1.82) is 5.41 Å². The fourth-order valence-corrected chi connectivity index (χ4v) is 1.47. The van der Waals surface area contributed by atoms with E-state index in [0.717, 1.165) is 0 Å². The summed E-state index contributed by atoms with van der Waals surface area (Å²) < 4.78 is 43.2. The smallest absolute Gasteiger partial charge is 0.423 e. The van der Waals surface area contributed by atoms with Crippen molar-refractivity contribution in [3.63, 3.8) is 0 Å². The van der Waals surface area contributed by atoms with Gasteiger partial charge in [-0.15, -0.1) is 0 Å². The van der Waals surface area contributed by atoms with E-state index in [-0.39, 0.29) is 17.1 Å². The molecule has 6 nitrogen and oxygen atoms in total. The summed E-state index contributed by atoms with van der Waals surface area (Å²) in [6.07, 6.45) is -3.53. The molecule has 2 rings (SSSR count). The van der Waals surface area contributed by atoms with E-state index < -0.39 is 23.7 Å². The number of allylic oxidation sites excluding steroid dienone is 1.